The van der Waals surface area contributed by atoms with Crippen molar-refractivity contribution >= 4 is 33.9 Å². The number of alkyl carbamates (subject to hydrolysis) is 1. The number of carbonyl (C=O) groups excluding carboxylic acids is 4. The summed E-state index contributed by atoms with van der Waals surface area (Å²) in [6.45, 7) is 2.34. The Labute approximate surface area is 213 Å². The molecule has 1 fully saturated rings. The van der Waals surface area contributed by atoms with Crippen LogP contribution in [0.4, 0.5) is 4.79 Å². The quantitative estimate of drug-likeness (QED) is 0.257. The standard InChI is InChI=1S/C24H34N2O9S/c1-15(2)11-20(26-24(30)34-14-17-7-5-4-6-8-17)21(28)13-19(12-18-9-10-25-22(18)29)23(35-16(3)27)36(31,32)33/h4-8,15,18-20,23H,9-14H2,1-3H3,(H,25,29)(H,26,30)(H,31,32,33)/t18-,19+,20-,23?/m0/s1/i14D2. The molecule has 2 rings (SSSR count). The average Bonchev–Trinajstić information content (AvgIpc) is 3.20. The molecule has 200 valence electrons. The highest BCUT2D eigenvalue weighted by Gasteiger charge is 2.41. The highest BCUT2D eigenvalue weighted by atomic mass is 32.2. The van der Waals surface area contributed by atoms with Gasteiger partial charge in [-0.15, -0.1) is 0 Å². The Morgan fingerprint density at radius 3 is 2.44 bits per heavy atom. The summed E-state index contributed by atoms with van der Waals surface area (Å²) in [6.07, 6.45) is -1.50. The molecular formula is C24H34N2O9S. The number of rotatable bonds is 13. The van der Waals surface area contributed by atoms with E-state index < -0.39 is 64.3 Å². The van der Waals surface area contributed by atoms with Gasteiger partial charge >= 0.3 is 22.2 Å². The van der Waals surface area contributed by atoms with Crippen molar-refractivity contribution < 1.29 is 44.4 Å². The average molecular weight is 529 g/mol. The predicted octanol–water partition coefficient (Wildman–Crippen LogP) is 2.21. The van der Waals surface area contributed by atoms with Gasteiger partial charge < -0.3 is 20.1 Å². The lowest BCUT2D eigenvalue weighted by atomic mass is 9.87. The molecule has 0 spiro atoms. The summed E-state index contributed by atoms with van der Waals surface area (Å²) in [5.41, 5.74) is -2.02. The first-order chi connectivity index (χ1) is 17.6. The Bertz CT molecular complexity index is 1110. The van der Waals surface area contributed by atoms with Crippen molar-refractivity contribution in [2.75, 3.05) is 6.54 Å². The van der Waals surface area contributed by atoms with E-state index in [1.807, 2.05) is 0 Å². The van der Waals surface area contributed by atoms with Crippen LogP contribution in [0.15, 0.2) is 30.3 Å². The number of ether oxygens (including phenoxy) is 2. The van der Waals surface area contributed by atoms with Crippen LogP contribution < -0.4 is 10.6 Å². The first-order valence-corrected chi connectivity index (χ1v) is 13.1. The van der Waals surface area contributed by atoms with E-state index >= 15 is 0 Å². The zero-order valence-electron chi connectivity index (χ0n) is 22.4. The van der Waals surface area contributed by atoms with Gasteiger partial charge in [-0.3, -0.25) is 18.9 Å². The normalized spacial score (nSPS) is 19.4. The van der Waals surface area contributed by atoms with E-state index in [-0.39, 0.29) is 30.2 Å². The summed E-state index contributed by atoms with van der Waals surface area (Å²) in [6, 6.07) is 6.45. The molecular weight excluding hydrogens is 492 g/mol. The number of amides is 2. The Morgan fingerprint density at radius 1 is 1.25 bits per heavy atom. The number of hydrogen-bond acceptors (Lipinski definition) is 8. The molecule has 0 saturated carbocycles. The molecule has 1 unspecified atom stereocenters. The fraction of sp³-hybridized carbons (Fsp3) is 0.583. The van der Waals surface area contributed by atoms with Gasteiger partial charge in [0.15, 0.2) is 5.78 Å². The van der Waals surface area contributed by atoms with Crippen LogP contribution in [0.2, 0.25) is 0 Å². The number of carbonyl (C=O) groups is 4. The topological polar surface area (TPSA) is 165 Å². The number of ketones is 1. The van der Waals surface area contributed by atoms with Crippen LogP contribution in [0.3, 0.4) is 0 Å². The number of nitrogens with one attached hydrogen (secondary N) is 2. The third-order valence-electron chi connectivity index (χ3n) is 5.60. The number of Topliss-reactive ketones (excluding diaryl/α,β-unsaturated/α-hetero) is 1. The van der Waals surface area contributed by atoms with E-state index in [0.717, 1.165) is 6.92 Å². The van der Waals surface area contributed by atoms with E-state index in [0.29, 0.717) is 13.0 Å². The third kappa shape index (κ3) is 9.57. The van der Waals surface area contributed by atoms with Crippen LogP contribution in [0, 0.1) is 17.8 Å². The van der Waals surface area contributed by atoms with Crippen LogP contribution in [-0.4, -0.2) is 54.7 Å². The summed E-state index contributed by atoms with van der Waals surface area (Å²) in [4.78, 5) is 49.7. The van der Waals surface area contributed by atoms with Crippen LogP contribution >= 0.6 is 0 Å². The molecule has 1 aliphatic heterocycles. The molecule has 12 heteroatoms. The lowest BCUT2D eigenvalue weighted by Gasteiger charge is -2.27. The van der Waals surface area contributed by atoms with Crippen LogP contribution in [0.5, 0.6) is 0 Å². The van der Waals surface area contributed by atoms with Gasteiger partial charge in [-0.1, -0.05) is 44.2 Å². The Balaban J connectivity index is 2.26. The second kappa shape index (κ2) is 13.4. The minimum absolute atomic E-state index is 0.0779. The first-order valence-electron chi connectivity index (χ1n) is 12.6. The smallest absolute Gasteiger partial charge is 0.408 e. The lowest BCUT2D eigenvalue weighted by Crippen LogP contribution is -2.44. The van der Waals surface area contributed by atoms with Crippen LogP contribution in [-0.2, 0) is 40.5 Å². The molecule has 2 amide bonds. The molecule has 4 atom stereocenters. The monoisotopic (exact) mass is 528 g/mol. The fourth-order valence-electron chi connectivity index (χ4n) is 4.02. The van der Waals surface area contributed by atoms with Gasteiger partial charge in [0.25, 0.3) is 0 Å². The zero-order chi connectivity index (χ0) is 28.7. The van der Waals surface area contributed by atoms with Crippen molar-refractivity contribution in [1.29, 1.82) is 0 Å². The summed E-state index contributed by atoms with van der Waals surface area (Å²) in [7, 11) is -4.98. The van der Waals surface area contributed by atoms with Crippen LogP contribution in [0.25, 0.3) is 0 Å². The highest BCUT2D eigenvalue weighted by Crippen LogP contribution is 2.29. The van der Waals surface area contributed by atoms with Gasteiger partial charge in [0.05, 0.1) is 8.78 Å². The maximum Gasteiger partial charge on any atom is 0.408 e. The maximum absolute atomic E-state index is 13.4. The van der Waals surface area contributed by atoms with Crippen molar-refractivity contribution in [2.45, 2.75) is 64.5 Å². The summed E-state index contributed by atoms with van der Waals surface area (Å²) in [5.74, 6) is -4.13. The molecule has 36 heavy (non-hydrogen) atoms. The molecule has 1 saturated heterocycles. The molecule has 0 bridgehead atoms. The Kier molecular flexibility index (Phi) is 9.68. The van der Waals surface area contributed by atoms with E-state index in [4.69, 9.17) is 12.2 Å². The van der Waals surface area contributed by atoms with Crippen LogP contribution in [0.1, 0.15) is 54.8 Å². The SMILES string of the molecule is [2H]C([2H])(OC(=O)N[C@@H](CC(C)C)C(=O)C[C@@H](C[C@@H]1CCNC1=O)C(OC(C)=O)S(=O)(=O)O)c1ccccc1. The van der Waals surface area contributed by atoms with Crippen molar-refractivity contribution in [3.8, 4) is 0 Å². The lowest BCUT2D eigenvalue weighted by molar-refractivity contribution is -0.146. The molecule has 1 heterocycles. The van der Waals surface area contributed by atoms with Crippen molar-refractivity contribution in [3.63, 3.8) is 0 Å². The van der Waals surface area contributed by atoms with Gasteiger partial charge in [0.1, 0.15) is 6.56 Å². The summed E-state index contributed by atoms with van der Waals surface area (Å²) >= 11 is 0. The molecule has 0 aliphatic carbocycles. The fourth-order valence-corrected chi connectivity index (χ4v) is 4.97. The van der Waals surface area contributed by atoms with Crippen molar-refractivity contribution in [2.24, 2.45) is 17.8 Å². The predicted molar refractivity (Wildman–Crippen MR) is 129 cm³/mol. The Hall–Kier alpha value is -2.99. The second-order valence-corrected chi connectivity index (χ2v) is 10.6. The minimum atomic E-state index is -4.98. The van der Waals surface area contributed by atoms with E-state index in [1.54, 1.807) is 32.0 Å². The van der Waals surface area contributed by atoms with Gasteiger partial charge in [-0.05, 0) is 30.7 Å². The highest BCUT2D eigenvalue weighted by molar-refractivity contribution is 7.86. The molecule has 1 aromatic carbocycles. The molecule has 11 nitrogen and oxygen atoms in total. The molecule has 1 aromatic rings. The van der Waals surface area contributed by atoms with E-state index in [9.17, 15) is 32.1 Å². The van der Waals surface area contributed by atoms with Crippen molar-refractivity contribution in [1.82, 2.24) is 10.6 Å². The zero-order valence-corrected chi connectivity index (χ0v) is 21.2. The summed E-state index contributed by atoms with van der Waals surface area (Å²) in [5, 5.41) is 4.95. The number of esters is 1. The van der Waals surface area contributed by atoms with E-state index in [2.05, 4.69) is 10.6 Å². The first kappa shape index (κ1) is 26.1. The molecule has 3 N–H and O–H groups in total. The van der Waals surface area contributed by atoms with Crippen molar-refractivity contribution in [3.05, 3.63) is 35.9 Å². The van der Waals surface area contributed by atoms with Gasteiger partial charge in [-0.2, -0.15) is 8.42 Å². The van der Waals surface area contributed by atoms with E-state index in [1.165, 1.54) is 12.1 Å². The largest absolute Gasteiger partial charge is 0.445 e. The third-order valence-corrected chi connectivity index (χ3v) is 6.67. The number of benzene rings is 1. The minimum Gasteiger partial charge on any atom is -0.445 e. The maximum atomic E-state index is 13.4. The van der Waals surface area contributed by atoms with Gasteiger partial charge in [-0.25, -0.2) is 4.79 Å². The molecule has 1 aliphatic rings. The van der Waals surface area contributed by atoms with Gasteiger partial charge in [0.2, 0.25) is 11.3 Å². The Morgan fingerprint density at radius 2 is 1.92 bits per heavy atom. The molecule has 0 radical (unpaired) electrons. The molecule has 0 aromatic heterocycles. The van der Waals surface area contributed by atoms with Gasteiger partial charge in [0, 0.05) is 31.7 Å². The summed E-state index contributed by atoms with van der Waals surface area (Å²) < 4.78 is 59.9. The number of hydrogen-bond donors (Lipinski definition) is 3. The second-order valence-electron chi connectivity index (χ2n) is 9.12.